The zero-order valence-corrected chi connectivity index (χ0v) is 16.5. The van der Waals surface area contributed by atoms with Crippen LogP contribution < -0.4 is 9.64 Å². The smallest absolute Gasteiger partial charge is 0.227 e. The predicted molar refractivity (Wildman–Crippen MR) is 107 cm³/mol. The van der Waals surface area contributed by atoms with E-state index in [0.29, 0.717) is 13.0 Å². The fourth-order valence-corrected chi connectivity index (χ4v) is 4.47. The Morgan fingerprint density at radius 2 is 1.69 bits per heavy atom. The van der Waals surface area contributed by atoms with Crippen molar-refractivity contribution in [2.45, 2.75) is 58.4 Å². The highest BCUT2D eigenvalue weighted by atomic mass is 16.5. The Kier molecular flexibility index (Phi) is 4.83. The summed E-state index contributed by atoms with van der Waals surface area (Å²) in [4.78, 5) is 14.7. The van der Waals surface area contributed by atoms with Crippen LogP contribution in [0.5, 0.6) is 5.75 Å². The standard InChI is InChI=1S/C23H29NO2/c1-6-21(25)24-20-11-9-8-10-19(20)23(5,16-22(24,3)4)17-12-14-18(15-13-17)26-7-2/h8-15H,6-7,16H2,1-5H3. The summed E-state index contributed by atoms with van der Waals surface area (Å²) in [5.74, 6) is 1.07. The number of amides is 1. The van der Waals surface area contributed by atoms with Gasteiger partial charge >= 0.3 is 0 Å². The number of fused-ring (bicyclic) bond motifs is 1. The Bertz CT molecular complexity index is 794. The number of anilines is 1. The first-order valence-electron chi connectivity index (χ1n) is 9.49. The van der Waals surface area contributed by atoms with Gasteiger partial charge in [-0.25, -0.2) is 0 Å². The van der Waals surface area contributed by atoms with Crippen LogP contribution >= 0.6 is 0 Å². The van der Waals surface area contributed by atoms with Crippen molar-refractivity contribution in [3.63, 3.8) is 0 Å². The van der Waals surface area contributed by atoms with E-state index < -0.39 is 0 Å². The minimum absolute atomic E-state index is 0.157. The lowest BCUT2D eigenvalue weighted by molar-refractivity contribution is -0.119. The maximum absolute atomic E-state index is 12.7. The van der Waals surface area contributed by atoms with Crippen LogP contribution in [-0.2, 0) is 10.2 Å². The quantitative estimate of drug-likeness (QED) is 0.746. The van der Waals surface area contributed by atoms with Gasteiger partial charge in [-0.15, -0.1) is 0 Å². The third-order valence-electron chi connectivity index (χ3n) is 5.49. The van der Waals surface area contributed by atoms with E-state index in [2.05, 4.69) is 51.1 Å². The molecular formula is C23H29NO2. The van der Waals surface area contributed by atoms with Gasteiger partial charge in [0.2, 0.25) is 5.91 Å². The second-order valence-electron chi connectivity index (χ2n) is 7.88. The Balaban J connectivity index is 2.14. The third-order valence-corrected chi connectivity index (χ3v) is 5.49. The van der Waals surface area contributed by atoms with Gasteiger partial charge in [0.1, 0.15) is 5.75 Å². The second-order valence-corrected chi connectivity index (χ2v) is 7.88. The molecule has 138 valence electrons. The van der Waals surface area contributed by atoms with Crippen molar-refractivity contribution >= 4 is 11.6 Å². The summed E-state index contributed by atoms with van der Waals surface area (Å²) in [6.45, 7) is 11.2. The van der Waals surface area contributed by atoms with Gasteiger partial charge in [-0.2, -0.15) is 0 Å². The molecule has 1 atom stereocenters. The molecule has 1 aliphatic rings. The van der Waals surface area contributed by atoms with Gasteiger partial charge in [-0.1, -0.05) is 44.2 Å². The molecular weight excluding hydrogens is 322 g/mol. The van der Waals surface area contributed by atoms with Gasteiger partial charge in [0.05, 0.1) is 6.61 Å². The first-order valence-corrected chi connectivity index (χ1v) is 9.49. The van der Waals surface area contributed by atoms with E-state index in [1.807, 2.05) is 36.9 Å². The average Bonchev–Trinajstić information content (AvgIpc) is 2.61. The molecule has 3 rings (SSSR count). The number of hydrogen-bond acceptors (Lipinski definition) is 2. The molecule has 0 radical (unpaired) electrons. The zero-order chi connectivity index (χ0) is 18.9. The predicted octanol–water partition coefficient (Wildman–Crippen LogP) is 5.32. The van der Waals surface area contributed by atoms with Crippen LogP contribution in [0.3, 0.4) is 0 Å². The number of nitrogens with zero attached hydrogens (tertiary/aromatic N) is 1. The van der Waals surface area contributed by atoms with E-state index in [4.69, 9.17) is 4.74 Å². The topological polar surface area (TPSA) is 29.5 Å². The number of ether oxygens (including phenoxy) is 1. The van der Waals surface area contributed by atoms with Crippen LogP contribution in [0.1, 0.15) is 58.6 Å². The van der Waals surface area contributed by atoms with Crippen LogP contribution in [-0.4, -0.2) is 18.1 Å². The average molecular weight is 351 g/mol. The van der Waals surface area contributed by atoms with Crippen molar-refractivity contribution in [3.8, 4) is 5.75 Å². The number of hydrogen-bond donors (Lipinski definition) is 0. The number of carbonyl (C=O) groups excluding carboxylic acids is 1. The molecule has 0 aromatic heterocycles. The van der Waals surface area contributed by atoms with E-state index >= 15 is 0 Å². The molecule has 1 amide bonds. The number of para-hydroxylation sites is 1. The van der Waals surface area contributed by atoms with E-state index in [0.717, 1.165) is 17.9 Å². The van der Waals surface area contributed by atoms with Crippen molar-refractivity contribution in [1.82, 2.24) is 0 Å². The summed E-state index contributed by atoms with van der Waals surface area (Å²) < 4.78 is 5.60. The van der Waals surface area contributed by atoms with Crippen LogP contribution in [0, 0.1) is 0 Å². The van der Waals surface area contributed by atoms with E-state index in [9.17, 15) is 4.79 Å². The summed E-state index contributed by atoms with van der Waals surface area (Å²) in [7, 11) is 0. The van der Waals surface area contributed by atoms with Gasteiger partial charge in [-0.05, 0) is 56.5 Å². The van der Waals surface area contributed by atoms with E-state index in [1.165, 1.54) is 11.1 Å². The van der Waals surface area contributed by atoms with Gasteiger partial charge in [-0.3, -0.25) is 4.79 Å². The maximum Gasteiger partial charge on any atom is 0.227 e. The molecule has 1 heterocycles. The summed E-state index contributed by atoms with van der Waals surface area (Å²) >= 11 is 0. The summed E-state index contributed by atoms with van der Waals surface area (Å²) in [6, 6.07) is 16.7. The van der Waals surface area contributed by atoms with Gasteiger partial charge in [0.15, 0.2) is 0 Å². The zero-order valence-electron chi connectivity index (χ0n) is 16.5. The molecule has 0 aliphatic carbocycles. The Morgan fingerprint density at radius 1 is 1.04 bits per heavy atom. The molecule has 0 saturated heterocycles. The Morgan fingerprint density at radius 3 is 2.31 bits per heavy atom. The minimum atomic E-state index is -0.255. The monoisotopic (exact) mass is 351 g/mol. The van der Waals surface area contributed by atoms with Crippen molar-refractivity contribution in [2.24, 2.45) is 0 Å². The SMILES string of the molecule is CCOc1ccc(C2(C)CC(C)(C)N(C(=O)CC)c3ccccc32)cc1. The number of carbonyl (C=O) groups is 1. The first kappa shape index (κ1) is 18.5. The van der Waals surface area contributed by atoms with Crippen molar-refractivity contribution in [3.05, 3.63) is 59.7 Å². The Labute approximate surface area is 157 Å². The first-order chi connectivity index (χ1) is 12.3. The molecule has 0 N–H and O–H groups in total. The third kappa shape index (κ3) is 3.00. The highest BCUT2D eigenvalue weighted by Gasteiger charge is 2.47. The largest absolute Gasteiger partial charge is 0.494 e. The fraction of sp³-hybridized carbons (Fsp3) is 0.435. The summed E-state index contributed by atoms with van der Waals surface area (Å²) in [5, 5.41) is 0. The lowest BCUT2D eigenvalue weighted by atomic mass is 9.65. The van der Waals surface area contributed by atoms with E-state index in [1.54, 1.807) is 0 Å². The normalized spacial score (nSPS) is 21.2. The van der Waals surface area contributed by atoms with Gasteiger partial charge in [0, 0.05) is 23.1 Å². The molecule has 3 heteroatoms. The van der Waals surface area contributed by atoms with Crippen molar-refractivity contribution < 1.29 is 9.53 Å². The van der Waals surface area contributed by atoms with Gasteiger partial charge < -0.3 is 9.64 Å². The van der Waals surface area contributed by atoms with Crippen LogP contribution in [0.4, 0.5) is 5.69 Å². The minimum Gasteiger partial charge on any atom is -0.494 e. The lowest BCUT2D eigenvalue weighted by Gasteiger charge is -2.51. The Hall–Kier alpha value is -2.29. The van der Waals surface area contributed by atoms with Crippen LogP contribution in [0.25, 0.3) is 0 Å². The molecule has 0 fully saturated rings. The summed E-state index contributed by atoms with van der Waals surface area (Å²) in [6.07, 6.45) is 1.38. The van der Waals surface area contributed by atoms with Crippen molar-refractivity contribution in [2.75, 3.05) is 11.5 Å². The van der Waals surface area contributed by atoms with Crippen LogP contribution in [0.15, 0.2) is 48.5 Å². The second kappa shape index (κ2) is 6.79. The molecule has 0 saturated carbocycles. The molecule has 1 aliphatic heterocycles. The molecule has 3 nitrogen and oxygen atoms in total. The summed E-state index contributed by atoms with van der Waals surface area (Å²) in [5.41, 5.74) is 3.09. The number of rotatable bonds is 4. The van der Waals surface area contributed by atoms with Gasteiger partial charge in [0.25, 0.3) is 0 Å². The maximum atomic E-state index is 12.7. The molecule has 1 unspecified atom stereocenters. The highest BCUT2D eigenvalue weighted by molar-refractivity contribution is 5.96. The van der Waals surface area contributed by atoms with Crippen molar-refractivity contribution in [1.29, 1.82) is 0 Å². The highest BCUT2D eigenvalue weighted by Crippen LogP contribution is 2.50. The van der Waals surface area contributed by atoms with Crippen LogP contribution in [0.2, 0.25) is 0 Å². The number of benzene rings is 2. The molecule has 0 spiro atoms. The van der Waals surface area contributed by atoms with E-state index in [-0.39, 0.29) is 16.9 Å². The lowest BCUT2D eigenvalue weighted by Crippen LogP contribution is -2.55. The molecule has 26 heavy (non-hydrogen) atoms. The molecule has 0 bridgehead atoms. The molecule has 2 aromatic rings. The molecule has 2 aromatic carbocycles. The fourth-order valence-electron chi connectivity index (χ4n) is 4.47.